The van der Waals surface area contributed by atoms with Gasteiger partial charge in [0.1, 0.15) is 0 Å². The van der Waals surface area contributed by atoms with Crippen molar-refractivity contribution in [2.75, 3.05) is 11.1 Å². The first-order valence-corrected chi connectivity index (χ1v) is 6.77. The van der Waals surface area contributed by atoms with E-state index in [2.05, 4.69) is 21.2 Å². The van der Waals surface area contributed by atoms with Crippen LogP contribution in [0.4, 0.5) is 11.4 Å². The van der Waals surface area contributed by atoms with Gasteiger partial charge in [-0.15, -0.1) is 0 Å². The van der Waals surface area contributed by atoms with Crippen molar-refractivity contribution in [3.05, 3.63) is 57.0 Å². The first kappa shape index (κ1) is 13.9. The van der Waals surface area contributed by atoms with Crippen LogP contribution >= 0.6 is 27.5 Å². The van der Waals surface area contributed by atoms with Crippen molar-refractivity contribution in [2.24, 2.45) is 0 Å². The van der Waals surface area contributed by atoms with E-state index in [4.69, 9.17) is 17.3 Å². The lowest BCUT2D eigenvalue weighted by Gasteiger charge is -2.10. The Morgan fingerprint density at radius 2 is 2.00 bits per heavy atom. The van der Waals surface area contributed by atoms with Crippen LogP contribution in [0.1, 0.15) is 15.9 Å². The van der Waals surface area contributed by atoms with Gasteiger partial charge in [0.05, 0.1) is 5.56 Å². The number of carbonyl (C=O) groups excluding carboxylic acids is 1. The van der Waals surface area contributed by atoms with Gasteiger partial charge in [-0.1, -0.05) is 33.6 Å². The second-order valence-electron chi connectivity index (χ2n) is 4.14. The zero-order chi connectivity index (χ0) is 14.0. The fourth-order valence-electron chi connectivity index (χ4n) is 1.64. The molecule has 0 saturated heterocycles. The molecule has 2 rings (SSSR count). The molecule has 0 aromatic heterocycles. The van der Waals surface area contributed by atoms with Crippen LogP contribution in [0.2, 0.25) is 5.02 Å². The number of aryl methyl sites for hydroxylation is 1. The Kier molecular flexibility index (Phi) is 4.12. The van der Waals surface area contributed by atoms with Gasteiger partial charge in [-0.25, -0.2) is 0 Å². The van der Waals surface area contributed by atoms with Crippen molar-refractivity contribution < 1.29 is 4.79 Å². The zero-order valence-corrected chi connectivity index (χ0v) is 12.5. The average molecular weight is 340 g/mol. The Balaban J connectivity index is 2.30. The van der Waals surface area contributed by atoms with Crippen LogP contribution in [0, 0.1) is 6.92 Å². The van der Waals surface area contributed by atoms with E-state index in [9.17, 15) is 4.79 Å². The Hall–Kier alpha value is -1.52. The maximum absolute atomic E-state index is 12.2. The number of amides is 1. The molecule has 0 fully saturated rings. The molecule has 2 aromatic rings. The Morgan fingerprint density at radius 1 is 1.26 bits per heavy atom. The topological polar surface area (TPSA) is 55.1 Å². The van der Waals surface area contributed by atoms with E-state index < -0.39 is 0 Å². The van der Waals surface area contributed by atoms with Crippen molar-refractivity contribution in [3.8, 4) is 0 Å². The van der Waals surface area contributed by atoms with Crippen LogP contribution in [-0.2, 0) is 0 Å². The van der Waals surface area contributed by atoms with Crippen LogP contribution in [0.3, 0.4) is 0 Å². The van der Waals surface area contributed by atoms with Crippen molar-refractivity contribution in [2.45, 2.75) is 6.92 Å². The lowest BCUT2D eigenvalue weighted by atomic mass is 10.1. The van der Waals surface area contributed by atoms with Gasteiger partial charge in [-0.05, 0) is 42.8 Å². The first-order chi connectivity index (χ1) is 8.97. The van der Waals surface area contributed by atoms with Gasteiger partial charge in [0.15, 0.2) is 0 Å². The number of benzene rings is 2. The van der Waals surface area contributed by atoms with E-state index in [0.717, 1.165) is 10.0 Å². The molecule has 0 bridgehead atoms. The van der Waals surface area contributed by atoms with Crippen LogP contribution in [0.5, 0.6) is 0 Å². The minimum Gasteiger partial charge on any atom is -0.398 e. The molecule has 0 aliphatic carbocycles. The predicted molar refractivity (Wildman–Crippen MR) is 82.7 cm³/mol. The summed E-state index contributed by atoms with van der Waals surface area (Å²) in [6, 6.07) is 10.5. The number of halogens is 2. The summed E-state index contributed by atoms with van der Waals surface area (Å²) in [6.45, 7) is 1.90. The van der Waals surface area contributed by atoms with Gasteiger partial charge in [-0.2, -0.15) is 0 Å². The fraction of sp³-hybridized carbons (Fsp3) is 0.0714. The molecule has 3 N–H and O–H groups in total. The zero-order valence-electron chi connectivity index (χ0n) is 10.2. The number of hydrogen-bond acceptors (Lipinski definition) is 2. The number of nitrogens with two attached hydrogens (primary N) is 1. The highest BCUT2D eigenvalue weighted by atomic mass is 79.9. The summed E-state index contributed by atoms with van der Waals surface area (Å²) in [5.41, 5.74) is 8.27. The Bertz CT molecular complexity index is 643. The second-order valence-corrected chi connectivity index (χ2v) is 5.50. The Labute approximate surface area is 124 Å². The minimum atomic E-state index is -0.260. The first-order valence-electron chi connectivity index (χ1n) is 5.60. The predicted octanol–water partition coefficient (Wildman–Crippen LogP) is 4.25. The largest absolute Gasteiger partial charge is 0.398 e. The lowest BCUT2D eigenvalue weighted by Crippen LogP contribution is -2.14. The molecule has 0 saturated carbocycles. The van der Waals surface area contributed by atoms with Gasteiger partial charge >= 0.3 is 0 Å². The second kappa shape index (κ2) is 5.63. The van der Waals surface area contributed by atoms with Crippen molar-refractivity contribution in [1.29, 1.82) is 0 Å². The molecular formula is C14H12BrClN2O. The van der Waals surface area contributed by atoms with E-state index in [1.54, 1.807) is 30.3 Å². The number of hydrogen-bond donors (Lipinski definition) is 2. The van der Waals surface area contributed by atoms with Crippen LogP contribution in [-0.4, -0.2) is 5.91 Å². The van der Waals surface area contributed by atoms with Gasteiger partial charge in [0.2, 0.25) is 0 Å². The summed E-state index contributed by atoms with van der Waals surface area (Å²) in [5, 5.41) is 3.38. The molecule has 5 heteroatoms. The summed E-state index contributed by atoms with van der Waals surface area (Å²) >= 11 is 9.24. The highest BCUT2D eigenvalue weighted by Gasteiger charge is 2.11. The van der Waals surface area contributed by atoms with Crippen molar-refractivity contribution in [3.63, 3.8) is 0 Å². The molecule has 19 heavy (non-hydrogen) atoms. The van der Waals surface area contributed by atoms with Crippen LogP contribution in [0.25, 0.3) is 0 Å². The summed E-state index contributed by atoms with van der Waals surface area (Å²) in [6.07, 6.45) is 0. The smallest absolute Gasteiger partial charge is 0.257 e. The fourth-order valence-corrected chi connectivity index (χ4v) is 2.18. The molecule has 3 nitrogen and oxygen atoms in total. The quantitative estimate of drug-likeness (QED) is 0.804. The summed E-state index contributed by atoms with van der Waals surface area (Å²) in [5.74, 6) is -0.260. The van der Waals surface area contributed by atoms with Crippen molar-refractivity contribution >= 4 is 44.8 Å². The molecule has 0 atom stereocenters. The molecule has 1 amide bonds. The highest BCUT2D eigenvalue weighted by Crippen LogP contribution is 2.23. The number of anilines is 2. The van der Waals surface area contributed by atoms with Crippen molar-refractivity contribution in [1.82, 2.24) is 0 Å². The average Bonchev–Trinajstić information content (AvgIpc) is 2.36. The third kappa shape index (κ3) is 3.28. The standard InChI is InChI=1S/C14H12BrClN2O/c1-8-2-4-10(16)7-13(8)18-14(19)11-6-9(15)3-5-12(11)17/h2-7H,17H2,1H3,(H,18,19). The van der Waals surface area contributed by atoms with E-state index in [1.165, 1.54) is 0 Å². The molecule has 0 aliphatic rings. The Morgan fingerprint density at radius 3 is 2.74 bits per heavy atom. The lowest BCUT2D eigenvalue weighted by molar-refractivity contribution is 0.102. The molecule has 0 unspecified atom stereocenters. The molecular weight excluding hydrogens is 328 g/mol. The molecule has 0 heterocycles. The summed E-state index contributed by atoms with van der Waals surface area (Å²) < 4.78 is 0.801. The van der Waals surface area contributed by atoms with Gasteiger partial charge in [-0.3, -0.25) is 4.79 Å². The number of nitrogens with one attached hydrogen (secondary N) is 1. The summed E-state index contributed by atoms with van der Waals surface area (Å²) in [7, 11) is 0. The third-order valence-electron chi connectivity index (χ3n) is 2.71. The minimum absolute atomic E-state index is 0.260. The molecule has 2 aromatic carbocycles. The maximum Gasteiger partial charge on any atom is 0.257 e. The summed E-state index contributed by atoms with van der Waals surface area (Å²) in [4.78, 5) is 12.2. The van der Waals surface area contributed by atoms with Gasteiger partial charge in [0, 0.05) is 20.9 Å². The van der Waals surface area contributed by atoms with Crippen LogP contribution in [0.15, 0.2) is 40.9 Å². The SMILES string of the molecule is Cc1ccc(Cl)cc1NC(=O)c1cc(Br)ccc1N. The maximum atomic E-state index is 12.2. The number of nitrogen functional groups attached to an aromatic ring is 1. The third-order valence-corrected chi connectivity index (χ3v) is 3.44. The van der Waals surface area contributed by atoms with Gasteiger partial charge in [0.25, 0.3) is 5.91 Å². The van der Waals surface area contributed by atoms with Crippen LogP contribution < -0.4 is 11.1 Å². The monoisotopic (exact) mass is 338 g/mol. The molecule has 98 valence electrons. The van der Waals surface area contributed by atoms with Gasteiger partial charge < -0.3 is 11.1 Å². The normalized spacial score (nSPS) is 10.3. The van der Waals surface area contributed by atoms with E-state index in [-0.39, 0.29) is 5.91 Å². The molecule has 0 radical (unpaired) electrons. The molecule has 0 aliphatic heterocycles. The number of carbonyl (C=O) groups is 1. The van der Waals surface area contributed by atoms with E-state index in [0.29, 0.717) is 22.0 Å². The van der Waals surface area contributed by atoms with E-state index >= 15 is 0 Å². The van der Waals surface area contributed by atoms with E-state index in [1.807, 2.05) is 13.0 Å². The highest BCUT2D eigenvalue weighted by molar-refractivity contribution is 9.10. The molecule has 0 spiro atoms. The number of rotatable bonds is 2.